The maximum atomic E-state index is 6.52. The summed E-state index contributed by atoms with van der Waals surface area (Å²) < 4.78 is 6.52. The number of rotatable bonds is 3. The van der Waals surface area contributed by atoms with Gasteiger partial charge in [-0.3, -0.25) is 4.98 Å². The molecular formula is C34H23NO. The predicted octanol–water partition coefficient (Wildman–Crippen LogP) is 9.44. The third-order valence-electron chi connectivity index (χ3n) is 6.92. The van der Waals surface area contributed by atoms with Gasteiger partial charge in [-0.05, 0) is 70.5 Å². The van der Waals surface area contributed by atoms with Crippen molar-refractivity contribution in [2.45, 2.75) is 6.92 Å². The molecule has 0 aliphatic carbocycles. The smallest absolute Gasteiger partial charge is 0.144 e. The second-order valence-electron chi connectivity index (χ2n) is 9.37. The van der Waals surface area contributed by atoms with Gasteiger partial charge in [-0.25, -0.2) is 0 Å². The van der Waals surface area contributed by atoms with Crippen LogP contribution in [0.1, 0.15) is 5.56 Å². The van der Waals surface area contributed by atoms with Crippen LogP contribution in [-0.2, 0) is 0 Å². The van der Waals surface area contributed by atoms with Crippen LogP contribution in [0.25, 0.3) is 66.2 Å². The summed E-state index contributed by atoms with van der Waals surface area (Å²) in [5, 5.41) is 4.54. The van der Waals surface area contributed by atoms with Crippen molar-refractivity contribution in [3.8, 4) is 33.5 Å². The molecule has 7 rings (SSSR count). The average molecular weight is 462 g/mol. The topological polar surface area (TPSA) is 26.0 Å². The number of furan rings is 1. The van der Waals surface area contributed by atoms with E-state index < -0.39 is 0 Å². The van der Waals surface area contributed by atoms with Crippen molar-refractivity contribution in [3.05, 3.63) is 127 Å². The van der Waals surface area contributed by atoms with E-state index in [0.29, 0.717) is 0 Å². The van der Waals surface area contributed by atoms with E-state index in [1.165, 1.54) is 27.6 Å². The van der Waals surface area contributed by atoms with Gasteiger partial charge in [0.05, 0.1) is 5.69 Å². The minimum Gasteiger partial charge on any atom is -0.455 e. The largest absolute Gasteiger partial charge is 0.455 e. The van der Waals surface area contributed by atoms with Crippen molar-refractivity contribution in [1.29, 1.82) is 0 Å². The summed E-state index contributed by atoms with van der Waals surface area (Å²) in [6, 6.07) is 40.6. The number of hydrogen-bond donors (Lipinski definition) is 0. The maximum absolute atomic E-state index is 6.52. The number of benzene rings is 5. The molecule has 5 aromatic carbocycles. The third kappa shape index (κ3) is 3.47. The molecule has 0 aliphatic rings. The van der Waals surface area contributed by atoms with Crippen molar-refractivity contribution < 1.29 is 4.42 Å². The molecule has 2 aromatic heterocycles. The number of nitrogens with zero attached hydrogens (tertiary/aromatic N) is 1. The molecule has 2 heteroatoms. The lowest BCUT2D eigenvalue weighted by molar-refractivity contribution is 0.670. The lowest BCUT2D eigenvalue weighted by Crippen LogP contribution is -1.84. The zero-order valence-corrected chi connectivity index (χ0v) is 19.9. The first-order valence-corrected chi connectivity index (χ1v) is 12.2. The minimum atomic E-state index is 0.877. The molecule has 170 valence electrons. The molecule has 0 atom stereocenters. The standard InChI is InChI=1S/C34H23NO/c1-22-16-27(23-8-3-2-4-9-23)18-28(17-22)25-14-15-29-30-12-7-13-31(34(30)36-33(29)20-25)32-19-24-10-5-6-11-26(24)21-35-32/h2-21H,1H3. The molecule has 7 aromatic rings. The van der Waals surface area contributed by atoms with Crippen LogP contribution >= 0.6 is 0 Å². The van der Waals surface area contributed by atoms with Gasteiger partial charge < -0.3 is 4.42 Å². The quantitative estimate of drug-likeness (QED) is 0.262. The van der Waals surface area contributed by atoms with Gasteiger partial charge in [-0.2, -0.15) is 0 Å². The lowest BCUT2D eigenvalue weighted by Gasteiger charge is -2.08. The van der Waals surface area contributed by atoms with E-state index in [1.807, 2.05) is 12.3 Å². The first-order valence-electron chi connectivity index (χ1n) is 12.2. The SMILES string of the molecule is Cc1cc(-c2ccccc2)cc(-c2ccc3c(c2)oc2c(-c4cc5ccccc5cn4)cccc23)c1. The second kappa shape index (κ2) is 8.21. The van der Waals surface area contributed by atoms with E-state index in [1.54, 1.807) is 0 Å². The van der Waals surface area contributed by atoms with Crippen LogP contribution in [0, 0.1) is 6.92 Å². The zero-order valence-electron chi connectivity index (χ0n) is 19.9. The first-order chi connectivity index (χ1) is 17.7. The summed E-state index contributed by atoms with van der Waals surface area (Å²) in [5.74, 6) is 0. The van der Waals surface area contributed by atoms with E-state index in [2.05, 4.69) is 116 Å². The highest BCUT2D eigenvalue weighted by atomic mass is 16.3. The molecule has 0 bridgehead atoms. The first kappa shape index (κ1) is 20.7. The number of aromatic nitrogens is 1. The molecule has 36 heavy (non-hydrogen) atoms. The Hall–Kier alpha value is -4.69. The third-order valence-corrected chi connectivity index (χ3v) is 6.92. The van der Waals surface area contributed by atoms with Gasteiger partial charge in [0.1, 0.15) is 11.2 Å². The van der Waals surface area contributed by atoms with Crippen LogP contribution in [0.3, 0.4) is 0 Å². The van der Waals surface area contributed by atoms with Crippen molar-refractivity contribution in [3.63, 3.8) is 0 Å². The van der Waals surface area contributed by atoms with Crippen LogP contribution in [0.15, 0.2) is 126 Å². The van der Waals surface area contributed by atoms with Crippen LogP contribution in [0.4, 0.5) is 0 Å². The van der Waals surface area contributed by atoms with Gasteiger partial charge in [0, 0.05) is 27.9 Å². The van der Waals surface area contributed by atoms with E-state index in [0.717, 1.165) is 44.1 Å². The minimum absolute atomic E-state index is 0.877. The summed E-state index contributed by atoms with van der Waals surface area (Å²) in [4.78, 5) is 4.75. The van der Waals surface area contributed by atoms with E-state index in [4.69, 9.17) is 9.40 Å². The summed E-state index contributed by atoms with van der Waals surface area (Å²) >= 11 is 0. The van der Waals surface area contributed by atoms with Gasteiger partial charge >= 0.3 is 0 Å². The molecule has 0 aliphatic heterocycles. The Labute approximate surface area is 209 Å². The molecule has 0 saturated carbocycles. The highest BCUT2D eigenvalue weighted by Gasteiger charge is 2.14. The van der Waals surface area contributed by atoms with E-state index >= 15 is 0 Å². The van der Waals surface area contributed by atoms with Gasteiger partial charge in [0.2, 0.25) is 0 Å². The molecule has 2 nitrogen and oxygen atoms in total. The molecule has 0 N–H and O–H groups in total. The van der Waals surface area contributed by atoms with E-state index in [-0.39, 0.29) is 0 Å². The molecule has 0 spiro atoms. The fourth-order valence-electron chi connectivity index (χ4n) is 5.16. The van der Waals surface area contributed by atoms with Crippen LogP contribution in [-0.4, -0.2) is 4.98 Å². The highest BCUT2D eigenvalue weighted by molar-refractivity contribution is 6.10. The van der Waals surface area contributed by atoms with Gasteiger partial charge in [0.15, 0.2) is 0 Å². The Bertz CT molecular complexity index is 1900. The number of pyridine rings is 1. The van der Waals surface area contributed by atoms with Gasteiger partial charge in [0.25, 0.3) is 0 Å². The van der Waals surface area contributed by atoms with E-state index in [9.17, 15) is 0 Å². The Balaban J connectivity index is 1.37. The number of aryl methyl sites for hydroxylation is 1. The Morgan fingerprint density at radius 3 is 2.19 bits per heavy atom. The van der Waals surface area contributed by atoms with Crippen molar-refractivity contribution in [2.75, 3.05) is 0 Å². The predicted molar refractivity (Wildman–Crippen MR) is 150 cm³/mol. The summed E-state index contributed by atoms with van der Waals surface area (Å²) in [6.45, 7) is 2.15. The van der Waals surface area contributed by atoms with Crippen molar-refractivity contribution in [1.82, 2.24) is 4.98 Å². The maximum Gasteiger partial charge on any atom is 0.144 e. The fourth-order valence-corrected chi connectivity index (χ4v) is 5.16. The zero-order chi connectivity index (χ0) is 24.1. The Morgan fingerprint density at radius 2 is 1.33 bits per heavy atom. The Morgan fingerprint density at radius 1 is 0.556 bits per heavy atom. The van der Waals surface area contributed by atoms with Crippen molar-refractivity contribution in [2.24, 2.45) is 0 Å². The van der Waals surface area contributed by atoms with Crippen LogP contribution in [0.5, 0.6) is 0 Å². The monoisotopic (exact) mass is 461 g/mol. The second-order valence-corrected chi connectivity index (χ2v) is 9.37. The number of hydrogen-bond acceptors (Lipinski definition) is 2. The number of fused-ring (bicyclic) bond motifs is 4. The van der Waals surface area contributed by atoms with Crippen LogP contribution in [0.2, 0.25) is 0 Å². The molecule has 0 radical (unpaired) electrons. The molecular weight excluding hydrogens is 438 g/mol. The lowest BCUT2D eigenvalue weighted by atomic mass is 9.96. The molecule has 2 heterocycles. The number of para-hydroxylation sites is 1. The summed E-state index contributed by atoms with van der Waals surface area (Å²) in [5.41, 5.74) is 9.71. The normalized spacial score (nSPS) is 11.5. The molecule has 0 amide bonds. The Kier molecular flexibility index (Phi) is 4.71. The molecule has 0 unspecified atom stereocenters. The average Bonchev–Trinajstić information content (AvgIpc) is 3.31. The van der Waals surface area contributed by atoms with Gasteiger partial charge in [-0.1, -0.05) is 84.9 Å². The van der Waals surface area contributed by atoms with Crippen LogP contribution < -0.4 is 0 Å². The summed E-state index contributed by atoms with van der Waals surface area (Å²) in [6.07, 6.45) is 1.94. The van der Waals surface area contributed by atoms with Gasteiger partial charge in [-0.15, -0.1) is 0 Å². The fraction of sp³-hybridized carbons (Fsp3) is 0.0294. The molecule has 0 saturated heterocycles. The van der Waals surface area contributed by atoms with Crippen molar-refractivity contribution >= 4 is 32.7 Å². The highest BCUT2D eigenvalue weighted by Crippen LogP contribution is 2.38. The summed E-state index contributed by atoms with van der Waals surface area (Å²) in [7, 11) is 0. The molecule has 0 fully saturated rings.